The van der Waals surface area contributed by atoms with E-state index in [1.54, 1.807) is 0 Å². The lowest BCUT2D eigenvalue weighted by molar-refractivity contribution is 0.335. The van der Waals surface area contributed by atoms with Gasteiger partial charge in [0.2, 0.25) is 0 Å². The molecule has 0 saturated heterocycles. The largest absolute Gasteiger partial charge is 0.306 e. The van der Waals surface area contributed by atoms with E-state index in [0.29, 0.717) is 0 Å². The number of nitrogens with zero attached hydrogens (tertiary/aromatic N) is 1. The molecule has 0 bridgehead atoms. The van der Waals surface area contributed by atoms with Crippen LogP contribution in [0.25, 0.3) is 0 Å². The number of rotatable bonds is 4. The molecule has 0 unspecified atom stereocenters. The van der Waals surface area contributed by atoms with Gasteiger partial charge in [-0.25, -0.2) is 0 Å². The van der Waals surface area contributed by atoms with Gasteiger partial charge in [0.1, 0.15) is 0 Å². The Morgan fingerprint density at radius 1 is 0.737 bits per heavy atom. The SMILES string of the molecule is C1CCCCC1.CC.CCCN(C)CCC.CCF. The summed E-state index contributed by atoms with van der Waals surface area (Å²) in [4.78, 5) is 2.36. The maximum atomic E-state index is 10.3. The smallest absolute Gasteiger partial charge is 0.0866 e. The van der Waals surface area contributed by atoms with Crippen LogP contribution in [0, 0.1) is 0 Å². The molecule has 0 radical (unpaired) electrons. The Balaban J connectivity index is -0.000000205. The predicted octanol–water partition coefficient (Wildman–Crippen LogP) is 6.08. The van der Waals surface area contributed by atoms with Crippen molar-refractivity contribution in [2.75, 3.05) is 26.8 Å². The molecule has 0 aromatic carbocycles. The highest BCUT2D eigenvalue weighted by Gasteiger charge is 1.95. The molecule has 2 heteroatoms. The minimum absolute atomic E-state index is 0.250. The van der Waals surface area contributed by atoms with Gasteiger partial charge in [0.25, 0.3) is 0 Å². The number of halogens is 1. The first-order valence-corrected chi connectivity index (χ1v) is 8.47. The van der Waals surface area contributed by atoms with Crippen LogP contribution < -0.4 is 0 Å². The summed E-state index contributed by atoms with van der Waals surface area (Å²) in [5, 5.41) is 0. The average molecular weight is 278 g/mol. The van der Waals surface area contributed by atoms with E-state index in [-0.39, 0.29) is 6.67 Å². The second-order valence-corrected chi connectivity index (χ2v) is 4.69. The topological polar surface area (TPSA) is 3.24 Å². The van der Waals surface area contributed by atoms with E-state index in [1.807, 2.05) is 13.8 Å². The van der Waals surface area contributed by atoms with E-state index >= 15 is 0 Å². The minimum atomic E-state index is -0.250. The Bertz CT molecular complexity index is 96.3. The molecule has 1 saturated carbocycles. The molecule has 0 atom stereocenters. The Hall–Kier alpha value is -0.110. The Labute approximate surface area is 123 Å². The first-order chi connectivity index (χ1) is 9.22. The lowest BCUT2D eigenvalue weighted by Gasteiger charge is -2.12. The monoisotopic (exact) mass is 277 g/mol. The van der Waals surface area contributed by atoms with Gasteiger partial charge < -0.3 is 4.90 Å². The zero-order chi connectivity index (χ0) is 15.4. The minimum Gasteiger partial charge on any atom is -0.306 e. The zero-order valence-electron chi connectivity index (χ0n) is 14.6. The van der Waals surface area contributed by atoms with Crippen LogP contribution in [0.1, 0.15) is 86.0 Å². The van der Waals surface area contributed by atoms with Gasteiger partial charge >= 0.3 is 0 Å². The van der Waals surface area contributed by atoms with Crippen LogP contribution in [-0.4, -0.2) is 31.7 Å². The first-order valence-electron chi connectivity index (χ1n) is 8.47. The Kier molecular flexibility index (Phi) is 33.3. The van der Waals surface area contributed by atoms with Gasteiger partial charge in [-0.1, -0.05) is 66.2 Å². The predicted molar refractivity (Wildman–Crippen MR) is 88.8 cm³/mol. The molecular formula is C17H40FN. The molecule has 0 N–H and O–H groups in total. The second kappa shape index (κ2) is 26.5. The molecular weight excluding hydrogens is 237 g/mol. The van der Waals surface area contributed by atoms with Crippen molar-refractivity contribution in [1.29, 1.82) is 0 Å². The third-order valence-electron chi connectivity index (χ3n) is 2.71. The zero-order valence-corrected chi connectivity index (χ0v) is 14.6. The van der Waals surface area contributed by atoms with Crippen molar-refractivity contribution in [3.8, 4) is 0 Å². The van der Waals surface area contributed by atoms with E-state index < -0.39 is 0 Å². The number of hydrogen-bond acceptors (Lipinski definition) is 1. The van der Waals surface area contributed by atoms with Gasteiger partial charge in [0.15, 0.2) is 0 Å². The number of alkyl halides is 1. The van der Waals surface area contributed by atoms with Crippen molar-refractivity contribution >= 4 is 0 Å². The number of hydrogen-bond donors (Lipinski definition) is 0. The molecule has 0 aromatic rings. The molecule has 120 valence electrons. The van der Waals surface area contributed by atoms with Crippen LogP contribution in [-0.2, 0) is 0 Å². The molecule has 0 spiro atoms. The summed E-state index contributed by atoms with van der Waals surface area (Å²) >= 11 is 0. The summed E-state index contributed by atoms with van der Waals surface area (Å²) in [6.07, 6.45) is 11.5. The van der Waals surface area contributed by atoms with Gasteiger partial charge in [-0.2, -0.15) is 0 Å². The fourth-order valence-electron chi connectivity index (χ4n) is 1.94. The molecule has 1 aliphatic carbocycles. The molecule has 0 heterocycles. The van der Waals surface area contributed by atoms with Gasteiger partial charge in [-0.05, 0) is 39.9 Å². The molecule has 1 fully saturated rings. The van der Waals surface area contributed by atoms with Gasteiger partial charge in [0, 0.05) is 0 Å². The van der Waals surface area contributed by atoms with Crippen LogP contribution in [0.2, 0.25) is 0 Å². The molecule has 1 aliphatic rings. The van der Waals surface area contributed by atoms with Crippen LogP contribution in [0.15, 0.2) is 0 Å². The Morgan fingerprint density at radius 2 is 0.947 bits per heavy atom. The first kappa shape index (κ1) is 23.9. The second-order valence-electron chi connectivity index (χ2n) is 4.69. The highest BCUT2D eigenvalue weighted by molar-refractivity contribution is 4.51. The molecule has 0 aliphatic heterocycles. The van der Waals surface area contributed by atoms with Crippen LogP contribution in [0.5, 0.6) is 0 Å². The van der Waals surface area contributed by atoms with Gasteiger partial charge in [-0.3, -0.25) is 4.39 Å². The summed E-state index contributed by atoms with van der Waals surface area (Å²) in [6, 6.07) is 0. The van der Waals surface area contributed by atoms with Crippen LogP contribution in [0.3, 0.4) is 0 Å². The van der Waals surface area contributed by atoms with E-state index in [1.165, 1.54) is 71.4 Å². The Morgan fingerprint density at radius 3 is 1.11 bits per heavy atom. The highest BCUT2D eigenvalue weighted by atomic mass is 19.1. The van der Waals surface area contributed by atoms with Gasteiger partial charge in [-0.15, -0.1) is 0 Å². The fraction of sp³-hybridized carbons (Fsp3) is 1.00. The van der Waals surface area contributed by atoms with Crippen molar-refractivity contribution in [2.45, 2.75) is 86.0 Å². The van der Waals surface area contributed by atoms with Gasteiger partial charge in [0.05, 0.1) is 6.67 Å². The lowest BCUT2D eigenvalue weighted by Crippen LogP contribution is -2.19. The molecule has 19 heavy (non-hydrogen) atoms. The van der Waals surface area contributed by atoms with E-state index in [0.717, 1.165) is 0 Å². The molecule has 0 aromatic heterocycles. The molecule has 1 nitrogen and oxygen atoms in total. The van der Waals surface area contributed by atoms with Crippen LogP contribution >= 0.6 is 0 Å². The van der Waals surface area contributed by atoms with Crippen molar-refractivity contribution in [3.05, 3.63) is 0 Å². The average Bonchev–Trinajstić information content (AvgIpc) is 2.45. The van der Waals surface area contributed by atoms with Crippen LogP contribution in [0.4, 0.5) is 4.39 Å². The summed E-state index contributed by atoms with van der Waals surface area (Å²) in [5.41, 5.74) is 0. The standard InChI is InChI=1S/C7H17N.C6H12.C2H5F.C2H6/c1-4-6-8(3)7-5-2;1-2-4-6-5-3-1;1-2-3;1-2/h4-7H2,1-3H3;1-6H2;2H2,1H3;1-2H3. The van der Waals surface area contributed by atoms with Crippen molar-refractivity contribution in [2.24, 2.45) is 0 Å². The summed E-state index contributed by atoms with van der Waals surface area (Å²) in [7, 11) is 2.17. The normalized spacial score (nSPS) is 13.3. The summed E-state index contributed by atoms with van der Waals surface area (Å²) < 4.78 is 10.3. The van der Waals surface area contributed by atoms with E-state index in [9.17, 15) is 4.39 Å². The summed E-state index contributed by atoms with van der Waals surface area (Å²) in [6.45, 7) is 12.1. The lowest BCUT2D eigenvalue weighted by atomic mass is 10.0. The maximum Gasteiger partial charge on any atom is 0.0866 e. The van der Waals surface area contributed by atoms with Crippen molar-refractivity contribution in [1.82, 2.24) is 4.90 Å². The molecule has 1 rings (SSSR count). The quantitative estimate of drug-likeness (QED) is 0.602. The van der Waals surface area contributed by atoms with E-state index in [4.69, 9.17) is 0 Å². The maximum absolute atomic E-state index is 10.3. The molecule has 0 amide bonds. The summed E-state index contributed by atoms with van der Waals surface area (Å²) in [5.74, 6) is 0. The third kappa shape index (κ3) is 32.0. The highest BCUT2D eigenvalue weighted by Crippen LogP contribution is 2.15. The van der Waals surface area contributed by atoms with E-state index in [2.05, 4.69) is 25.8 Å². The van der Waals surface area contributed by atoms with Crippen molar-refractivity contribution < 1.29 is 4.39 Å². The fourth-order valence-corrected chi connectivity index (χ4v) is 1.94. The van der Waals surface area contributed by atoms with Crippen molar-refractivity contribution in [3.63, 3.8) is 0 Å². The third-order valence-corrected chi connectivity index (χ3v) is 2.71.